The first-order valence-electron chi connectivity index (χ1n) is 7.62. The predicted octanol–water partition coefficient (Wildman–Crippen LogP) is 3.93. The van der Waals surface area contributed by atoms with Crippen LogP contribution in [0.3, 0.4) is 0 Å². The van der Waals surface area contributed by atoms with Crippen LogP contribution >= 0.6 is 11.3 Å². The van der Waals surface area contributed by atoms with E-state index in [1.807, 2.05) is 29.6 Å². The van der Waals surface area contributed by atoms with Crippen LogP contribution in [0.4, 0.5) is 4.39 Å². The van der Waals surface area contributed by atoms with E-state index in [4.69, 9.17) is 4.52 Å². The Morgan fingerprint density at radius 1 is 1.26 bits per heavy atom. The van der Waals surface area contributed by atoms with Crippen molar-refractivity contribution in [3.05, 3.63) is 59.0 Å². The van der Waals surface area contributed by atoms with Gasteiger partial charge in [0, 0.05) is 13.1 Å². The molecular formula is C17H16FN3OS. The van der Waals surface area contributed by atoms with Gasteiger partial charge in [-0.05, 0) is 42.1 Å². The zero-order chi connectivity index (χ0) is 15.6. The van der Waals surface area contributed by atoms with Gasteiger partial charge in [-0.1, -0.05) is 23.4 Å². The van der Waals surface area contributed by atoms with Gasteiger partial charge >= 0.3 is 0 Å². The van der Waals surface area contributed by atoms with Crippen LogP contribution in [0.2, 0.25) is 0 Å². The number of thiophene rings is 1. The highest BCUT2D eigenvalue weighted by molar-refractivity contribution is 7.13. The van der Waals surface area contributed by atoms with E-state index in [9.17, 15) is 4.39 Å². The Balaban J connectivity index is 1.41. The van der Waals surface area contributed by atoms with Gasteiger partial charge in [-0.15, -0.1) is 11.3 Å². The number of nitrogens with zero attached hydrogens (tertiary/aromatic N) is 3. The van der Waals surface area contributed by atoms with Gasteiger partial charge in [-0.25, -0.2) is 4.39 Å². The summed E-state index contributed by atoms with van der Waals surface area (Å²) in [5, 5.41) is 6.09. The highest BCUT2D eigenvalue weighted by atomic mass is 32.1. The van der Waals surface area contributed by atoms with Gasteiger partial charge in [0.25, 0.3) is 0 Å². The van der Waals surface area contributed by atoms with E-state index >= 15 is 0 Å². The lowest BCUT2D eigenvalue weighted by atomic mass is 10.1. The van der Waals surface area contributed by atoms with Crippen molar-refractivity contribution in [2.45, 2.75) is 18.9 Å². The van der Waals surface area contributed by atoms with E-state index in [2.05, 4.69) is 15.0 Å². The molecule has 0 N–H and O–H groups in total. The van der Waals surface area contributed by atoms with Crippen LogP contribution in [0.25, 0.3) is 10.7 Å². The molecule has 1 aliphatic heterocycles. The second-order valence-corrected chi connectivity index (χ2v) is 6.73. The summed E-state index contributed by atoms with van der Waals surface area (Å²) in [6.45, 7) is 2.70. The molecule has 2 aromatic heterocycles. The molecule has 0 amide bonds. The molecule has 1 aliphatic rings. The molecule has 0 aliphatic carbocycles. The molecule has 3 aromatic rings. The second kappa shape index (κ2) is 6.22. The number of aromatic nitrogens is 2. The molecule has 0 spiro atoms. The van der Waals surface area contributed by atoms with E-state index in [-0.39, 0.29) is 11.7 Å². The standard InChI is InChI=1S/C17H16FN3OS/c18-14-5-3-12(4-6-14)10-21-8-7-13(11-21)17-19-16(20-22-17)15-2-1-9-23-15/h1-6,9,13H,7-8,10-11H2/t13-/m0/s1. The number of likely N-dealkylation sites (tertiary alicyclic amines) is 1. The van der Waals surface area contributed by atoms with Crippen LogP contribution in [-0.4, -0.2) is 28.1 Å². The molecule has 3 heterocycles. The summed E-state index contributed by atoms with van der Waals surface area (Å²) in [5.74, 6) is 1.47. The maximum Gasteiger partial charge on any atom is 0.231 e. The highest BCUT2D eigenvalue weighted by Gasteiger charge is 2.28. The van der Waals surface area contributed by atoms with Crippen LogP contribution in [0.15, 0.2) is 46.3 Å². The zero-order valence-electron chi connectivity index (χ0n) is 12.5. The Morgan fingerprint density at radius 2 is 2.13 bits per heavy atom. The SMILES string of the molecule is Fc1ccc(CN2CC[C@H](c3nc(-c4cccs4)no3)C2)cc1. The van der Waals surface area contributed by atoms with Gasteiger partial charge in [0.2, 0.25) is 11.7 Å². The molecular weight excluding hydrogens is 313 g/mol. The molecule has 1 atom stereocenters. The van der Waals surface area contributed by atoms with Gasteiger partial charge in [0.1, 0.15) is 5.82 Å². The zero-order valence-corrected chi connectivity index (χ0v) is 13.3. The average Bonchev–Trinajstić information content (AvgIpc) is 3.30. The normalized spacial score (nSPS) is 18.6. The Morgan fingerprint density at radius 3 is 2.91 bits per heavy atom. The van der Waals surface area contributed by atoms with Crippen LogP contribution in [-0.2, 0) is 6.54 Å². The van der Waals surface area contributed by atoms with Crippen molar-refractivity contribution in [3.8, 4) is 10.7 Å². The molecule has 6 heteroatoms. The summed E-state index contributed by atoms with van der Waals surface area (Å²) in [6.07, 6.45) is 1.01. The van der Waals surface area contributed by atoms with E-state index in [0.29, 0.717) is 5.82 Å². The Bertz CT molecular complexity index is 770. The third-order valence-corrected chi connectivity index (χ3v) is 4.99. The molecule has 1 saturated heterocycles. The minimum atomic E-state index is -0.194. The van der Waals surface area contributed by atoms with Gasteiger partial charge in [0.05, 0.1) is 10.8 Å². The molecule has 0 radical (unpaired) electrons. The lowest BCUT2D eigenvalue weighted by Gasteiger charge is -2.15. The molecule has 1 fully saturated rings. The third-order valence-electron chi connectivity index (χ3n) is 4.12. The molecule has 0 unspecified atom stereocenters. The monoisotopic (exact) mass is 329 g/mol. The van der Waals surface area contributed by atoms with E-state index in [1.165, 1.54) is 12.1 Å². The van der Waals surface area contributed by atoms with Crippen LogP contribution in [0, 0.1) is 5.82 Å². The largest absolute Gasteiger partial charge is 0.339 e. The predicted molar refractivity (Wildman–Crippen MR) is 86.6 cm³/mol. The highest BCUT2D eigenvalue weighted by Crippen LogP contribution is 2.29. The van der Waals surface area contributed by atoms with Gasteiger partial charge in [-0.2, -0.15) is 4.98 Å². The van der Waals surface area contributed by atoms with E-state index in [0.717, 1.165) is 42.4 Å². The molecule has 0 saturated carbocycles. The van der Waals surface area contributed by atoms with Crippen molar-refractivity contribution in [1.82, 2.24) is 15.0 Å². The third kappa shape index (κ3) is 3.18. The average molecular weight is 329 g/mol. The Hall–Kier alpha value is -2.05. The first-order valence-corrected chi connectivity index (χ1v) is 8.50. The smallest absolute Gasteiger partial charge is 0.231 e. The van der Waals surface area contributed by atoms with Crippen LogP contribution in [0.1, 0.15) is 23.8 Å². The van der Waals surface area contributed by atoms with Crippen LogP contribution in [0.5, 0.6) is 0 Å². The lowest BCUT2D eigenvalue weighted by Crippen LogP contribution is -2.19. The Kier molecular flexibility index (Phi) is 3.93. The summed E-state index contributed by atoms with van der Waals surface area (Å²) >= 11 is 1.61. The fourth-order valence-electron chi connectivity index (χ4n) is 2.93. The quantitative estimate of drug-likeness (QED) is 0.727. The lowest BCUT2D eigenvalue weighted by molar-refractivity contribution is 0.309. The summed E-state index contributed by atoms with van der Waals surface area (Å²) in [4.78, 5) is 7.91. The maximum absolute atomic E-state index is 13.0. The molecule has 1 aromatic carbocycles. The molecule has 4 nitrogen and oxygen atoms in total. The van der Waals surface area contributed by atoms with Crippen molar-refractivity contribution in [1.29, 1.82) is 0 Å². The molecule has 4 rings (SSSR count). The topological polar surface area (TPSA) is 42.2 Å². The van der Waals surface area contributed by atoms with Crippen molar-refractivity contribution in [2.24, 2.45) is 0 Å². The number of benzene rings is 1. The molecule has 23 heavy (non-hydrogen) atoms. The summed E-state index contributed by atoms with van der Waals surface area (Å²) in [5.41, 5.74) is 1.12. The summed E-state index contributed by atoms with van der Waals surface area (Å²) in [6, 6.07) is 10.7. The minimum Gasteiger partial charge on any atom is -0.339 e. The van der Waals surface area contributed by atoms with Crippen molar-refractivity contribution >= 4 is 11.3 Å². The van der Waals surface area contributed by atoms with Gasteiger partial charge < -0.3 is 4.52 Å². The van der Waals surface area contributed by atoms with Crippen molar-refractivity contribution in [2.75, 3.05) is 13.1 Å². The Labute approximate surface area is 137 Å². The number of rotatable bonds is 4. The van der Waals surface area contributed by atoms with Gasteiger partial charge in [-0.3, -0.25) is 4.90 Å². The second-order valence-electron chi connectivity index (χ2n) is 5.78. The number of halogens is 1. The fraction of sp³-hybridized carbons (Fsp3) is 0.294. The fourth-order valence-corrected chi connectivity index (χ4v) is 3.58. The number of hydrogen-bond acceptors (Lipinski definition) is 5. The number of hydrogen-bond donors (Lipinski definition) is 0. The first kappa shape index (κ1) is 14.5. The van der Waals surface area contributed by atoms with E-state index < -0.39 is 0 Å². The molecule has 0 bridgehead atoms. The maximum atomic E-state index is 13.0. The minimum absolute atomic E-state index is 0.194. The van der Waals surface area contributed by atoms with E-state index in [1.54, 1.807) is 11.3 Å². The van der Waals surface area contributed by atoms with Gasteiger partial charge in [0.15, 0.2) is 0 Å². The summed E-state index contributed by atoms with van der Waals surface area (Å²) < 4.78 is 18.4. The molecule has 118 valence electrons. The van der Waals surface area contributed by atoms with Crippen LogP contribution < -0.4 is 0 Å². The van der Waals surface area contributed by atoms with Crippen molar-refractivity contribution < 1.29 is 8.91 Å². The first-order chi connectivity index (χ1) is 11.3. The summed E-state index contributed by atoms with van der Waals surface area (Å²) in [7, 11) is 0. The van der Waals surface area contributed by atoms with Crippen molar-refractivity contribution in [3.63, 3.8) is 0 Å².